The molecule has 2 aliphatic heterocycles. The molecule has 0 aromatic heterocycles. The van der Waals surface area contributed by atoms with Crippen molar-refractivity contribution in [2.75, 3.05) is 19.6 Å². The van der Waals surface area contributed by atoms with Crippen LogP contribution in [0.3, 0.4) is 0 Å². The number of carbonyl (C=O) groups excluding carboxylic acids is 2. The molecule has 140 valence electrons. The van der Waals surface area contributed by atoms with E-state index in [2.05, 4.69) is 12.1 Å². The maximum atomic E-state index is 13.9. The number of halogens is 1. The minimum Gasteiger partial charge on any atom is -0.332 e. The molecule has 0 aliphatic carbocycles. The topological polar surface area (TPSA) is 40.6 Å². The monoisotopic (exact) mass is 366 g/mol. The van der Waals surface area contributed by atoms with Crippen molar-refractivity contribution in [2.24, 2.45) is 5.92 Å². The molecule has 1 fully saturated rings. The summed E-state index contributed by atoms with van der Waals surface area (Å²) in [6.07, 6.45) is 1.19. The zero-order chi connectivity index (χ0) is 19.0. The first-order valence-electron chi connectivity index (χ1n) is 9.44. The van der Waals surface area contributed by atoms with Gasteiger partial charge in [-0.2, -0.15) is 0 Å². The van der Waals surface area contributed by atoms with Crippen molar-refractivity contribution in [2.45, 2.75) is 25.8 Å². The molecule has 2 aromatic carbocycles. The van der Waals surface area contributed by atoms with E-state index >= 15 is 0 Å². The fourth-order valence-corrected chi connectivity index (χ4v) is 4.24. The van der Waals surface area contributed by atoms with Crippen LogP contribution < -0.4 is 0 Å². The Morgan fingerprint density at radius 2 is 1.93 bits per heavy atom. The Morgan fingerprint density at radius 3 is 2.74 bits per heavy atom. The van der Waals surface area contributed by atoms with Crippen LogP contribution in [0.4, 0.5) is 4.39 Å². The summed E-state index contributed by atoms with van der Waals surface area (Å²) >= 11 is 0. The number of carbonyl (C=O) groups is 2. The Kier molecular flexibility index (Phi) is 4.68. The number of hydrogen-bond acceptors (Lipinski definition) is 2. The van der Waals surface area contributed by atoms with Gasteiger partial charge in [0, 0.05) is 19.0 Å². The second-order valence-corrected chi connectivity index (χ2v) is 7.47. The van der Waals surface area contributed by atoms with Gasteiger partial charge in [-0.05, 0) is 35.6 Å². The van der Waals surface area contributed by atoms with Crippen LogP contribution in [0.2, 0.25) is 0 Å². The predicted octanol–water partition coefficient (Wildman–Crippen LogP) is 2.97. The number of piperazine rings is 1. The normalized spacial score (nSPS) is 20.1. The van der Waals surface area contributed by atoms with Crippen LogP contribution in [0.15, 0.2) is 48.5 Å². The summed E-state index contributed by atoms with van der Waals surface area (Å²) < 4.78 is 13.9. The second kappa shape index (κ2) is 7.14. The van der Waals surface area contributed by atoms with Gasteiger partial charge in [0.2, 0.25) is 11.8 Å². The molecule has 4 nitrogen and oxygen atoms in total. The van der Waals surface area contributed by atoms with E-state index in [4.69, 9.17) is 0 Å². The Balaban J connectivity index is 1.52. The van der Waals surface area contributed by atoms with Gasteiger partial charge < -0.3 is 9.80 Å². The van der Waals surface area contributed by atoms with Crippen LogP contribution in [0.25, 0.3) is 0 Å². The standard InChI is InChI=1S/C22H23FN2O2/c1-15(12-17-7-3-5-9-19(17)23)22(27)24-13-20-18-8-4-2-6-16(18)10-11-25(20)21(26)14-24/h2-9,15,20H,10-14H2,1H3. The largest absolute Gasteiger partial charge is 0.332 e. The van der Waals surface area contributed by atoms with Crippen molar-refractivity contribution >= 4 is 11.8 Å². The third-order valence-corrected chi connectivity index (χ3v) is 5.67. The van der Waals surface area contributed by atoms with Crippen LogP contribution in [-0.2, 0) is 22.4 Å². The minimum atomic E-state index is -0.375. The van der Waals surface area contributed by atoms with Crippen LogP contribution in [-0.4, -0.2) is 41.2 Å². The lowest BCUT2D eigenvalue weighted by Gasteiger charge is -2.45. The third kappa shape index (κ3) is 3.34. The van der Waals surface area contributed by atoms with Gasteiger partial charge in [-0.25, -0.2) is 4.39 Å². The van der Waals surface area contributed by atoms with Gasteiger partial charge in [0.05, 0.1) is 12.6 Å². The smallest absolute Gasteiger partial charge is 0.242 e. The molecule has 0 bridgehead atoms. The van der Waals surface area contributed by atoms with E-state index in [-0.39, 0.29) is 36.1 Å². The number of rotatable bonds is 3. The van der Waals surface area contributed by atoms with E-state index < -0.39 is 0 Å². The lowest BCUT2D eigenvalue weighted by molar-refractivity contribution is -0.151. The number of benzene rings is 2. The molecule has 0 N–H and O–H groups in total. The number of nitrogens with zero attached hydrogens (tertiary/aromatic N) is 2. The highest BCUT2D eigenvalue weighted by Crippen LogP contribution is 2.33. The highest BCUT2D eigenvalue weighted by Gasteiger charge is 2.39. The Morgan fingerprint density at radius 1 is 1.19 bits per heavy atom. The Labute approximate surface area is 158 Å². The summed E-state index contributed by atoms with van der Waals surface area (Å²) in [6, 6.07) is 14.6. The summed E-state index contributed by atoms with van der Waals surface area (Å²) in [6.45, 7) is 3.12. The van der Waals surface area contributed by atoms with E-state index in [1.54, 1.807) is 30.0 Å². The molecule has 27 heavy (non-hydrogen) atoms. The molecular formula is C22H23FN2O2. The van der Waals surface area contributed by atoms with Crippen LogP contribution >= 0.6 is 0 Å². The molecule has 2 atom stereocenters. The van der Waals surface area contributed by atoms with Gasteiger partial charge in [0.15, 0.2) is 0 Å². The highest BCUT2D eigenvalue weighted by atomic mass is 19.1. The molecular weight excluding hydrogens is 343 g/mol. The molecule has 2 aliphatic rings. The molecule has 5 heteroatoms. The second-order valence-electron chi connectivity index (χ2n) is 7.47. The third-order valence-electron chi connectivity index (χ3n) is 5.67. The number of fused-ring (bicyclic) bond motifs is 3. The molecule has 0 spiro atoms. The molecule has 2 amide bonds. The van der Waals surface area contributed by atoms with Crippen LogP contribution in [0, 0.1) is 11.7 Å². The fourth-order valence-electron chi connectivity index (χ4n) is 4.24. The molecule has 4 rings (SSSR count). The first kappa shape index (κ1) is 17.7. The van der Waals surface area contributed by atoms with Gasteiger partial charge in [0.1, 0.15) is 5.82 Å². The van der Waals surface area contributed by atoms with Crippen molar-refractivity contribution in [3.05, 3.63) is 71.0 Å². The molecule has 0 radical (unpaired) electrons. The summed E-state index contributed by atoms with van der Waals surface area (Å²) in [5, 5.41) is 0. The van der Waals surface area contributed by atoms with Crippen molar-refractivity contribution in [1.29, 1.82) is 0 Å². The molecule has 0 saturated carbocycles. The van der Waals surface area contributed by atoms with Gasteiger partial charge >= 0.3 is 0 Å². The lowest BCUT2D eigenvalue weighted by atomic mass is 9.90. The quantitative estimate of drug-likeness (QED) is 0.838. The van der Waals surface area contributed by atoms with E-state index in [9.17, 15) is 14.0 Å². The SMILES string of the molecule is CC(Cc1ccccc1F)C(=O)N1CC(=O)N2CCc3ccccc3C2C1. The van der Waals surface area contributed by atoms with Gasteiger partial charge in [-0.3, -0.25) is 9.59 Å². The van der Waals surface area contributed by atoms with E-state index in [0.29, 0.717) is 25.1 Å². The summed E-state index contributed by atoms with van der Waals surface area (Å²) in [5.41, 5.74) is 2.92. The predicted molar refractivity (Wildman–Crippen MR) is 100 cm³/mol. The summed E-state index contributed by atoms with van der Waals surface area (Å²) in [7, 11) is 0. The first-order chi connectivity index (χ1) is 13.0. The summed E-state index contributed by atoms with van der Waals surface area (Å²) in [5.74, 6) is -0.763. The maximum Gasteiger partial charge on any atom is 0.242 e. The maximum absolute atomic E-state index is 13.9. The highest BCUT2D eigenvalue weighted by molar-refractivity contribution is 5.87. The molecule has 2 aromatic rings. The van der Waals surface area contributed by atoms with Crippen LogP contribution in [0.1, 0.15) is 29.7 Å². The average Bonchev–Trinajstić information content (AvgIpc) is 2.68. The Hall–Kier alpha value is -2.69. The number of hydrogen-bond donors (Lipinski definition) is 0. The fraction of sp³-hybridized carbons (Fsp3) is 0.364. The number of amides is 2. The van der Waals surface area contributed by atoms with Crippen molar-refractivity contribution in [3.63, 3.8) is 0 Å². The summed E-state index contributed by atoms with van der Waals surface area (Å²) in [4.78, 5) is 29.2. The molecule has 2 unspecified atom stereocenters. The molecule has 2 heterocycles. The lowest BCUT2D eigenvalue weighted by Crippen LogP contribution is -2.56. The van der Waals surface area contributed by atoms with Crippen molar-refractivity contribution < 1.29 is 14.0 Å². The average molecular weight is 366 g/mol. The van der Waals surface area contributed by atoms with Crippen LogP contribution in [0.5, 0.6) is 0 Å². The van der Waals surface area contributed by atoms with Gasteiger partial charge in [-0.1, -0.05) is 49.4 Å². The van der Waals surface area contributed by atoms with E-state index in [0.717, 1.165) is 12.0 Å². The van der Waals surface area contributed by atoms with Gasteiger partial charge in [-0.15, -0.1) is 0 Å². The van der Waals surface area contributed by atoms with E-state index in [1.807, 2.05) is 17.0 Å². The van der Waals surface area contributed by atoms with Gasteiger partial charge in [0.25, 0.3) is 0 Å². The zero-order valence-corrected chi connectivity index (χ0v) is 15.4. The van der Waals surface area contributed by atoms with E-state index in [1.165, 1.54) is 11.6 Å². The molecule has 1 saturated heterocycles. The zero-order valence-electron chi connectivity index (χ0n) is 15.4. The first-order valence-corrected chi connectivity index (χ1v) is 9.44. The van der Waals surface area contributed by atoms with Crippen molar-refractivity contribution in [1.82, 2.24) is 9.80 Å². The minimum absolute atomic E-state index is 0.00723. The Bertz CT molecular complexity index is 882. The van der Waals surface area contributed by atoms with Crippen molar-refractivity contribution in [3.8, 4) is 0 Å².